The molecule has 0 aliphatic heterocycles. The quantitative estimate of drug-likeness (QED) is 0.392. The van der Waals surface area contributed by atoms with E-state index in [9.17, 15) is 5.11 Å². The van der Waals surface area contributed by atoms with Crippen LogP contribution in [0.2, 0.25) is 0 Å². The van der Waals surface area contributed by atoms with Gasteiger partial charge in [-0.15, -0.1) is 0 Å². The summed E-state index contributed by atoms with van der Waals surface area (Å²) in [6, 6.07) is 0. The first-order valence-corrected chi connectivity index (χ1v) is 3.73. The lowest BCUT2D eigenvalue weighted by Gasteiger charge is -2.01. The molecule has 0 aliphatic rings. The van der Waals surface area contributed by atoms with Crippen molar-refractivity contribution in [2.75, 3.05) is 22.9 Å². The summed E-state index contributed by atoms with van der Waals surface area (Å²) in [7, 11) is 0. The summed E-state index contributed by atoms with van der Waals surface area (Å²) in [5.41, 5.74) is 22.4. The lowest BCUT2D eigenvalue weighted by molar-refractivity contribution is 0.349. The van der Waals surface area contributed by atoms with Crippen LogP contribution in [0.25, 0.3) is 11.0 Å². The van der Waals surface area contributed by atoms with Crippen LogP contribution in [-0.4, -0.2) is 10.1 Å². The van der Waals surface area contributed by atoms with Crippen LogP contribution in [0, 0.1) is 0 Å². The van der Waals surface area contributed by atoms with Crippen LogP contribution in [0.1, 0.15) is 0 Å². The number of hydrogen-bond donors (Lipinski definition) is 5. The van der Waals surface area contributed by atoms with Crippen molar-refractivity contribution in [3.8, 4) is 5.95 Å². The molecule has 7 nitrogen and oxygen atoms in total. The van der Waals surface area contributed by atoms with Crippen molar-refractivity contribution in [1.29, 1.82) is 0 Å². The fraction of sp³-hybridized carbons (Fsp3) is 0. The second kappa shape index (κ2) is 2.34. The molecule has 7 heteroatoms. The maximum absolute atomic E-state index is 9.21. The molecule has 74 valence electrons. The number of fused-ring (bicyclic) bond motifs is 1. The highest BCUT2D eigenvalue weighted by Gasteiger charge is 2.18. The van der Waals surface area contributed by atoms with Gasteiger partial charge in [0.15, 0.2) is 11.4 Å². The van der Waals surface area contributed by atoms with E-state index in [1.54, 1.807) is 0 Å². The third-order valence-electron chi connectivity index (χ3n) is 1.94. The summed E-state index contributed by atoms with van der Waals surface area (Å²) in [6.45, 7) is 0. The minimum Gasteiger partial charge on any atom is -0.479 e. The van der Waals surface area contributed by atoms with E-state index >= 15 is 0 Å². The molecule has 0 unspecified atom stereocenters. The minimum atomic E-state index is -0.439. The van der Waals surface area contributed by atoms with Crippen molar-refractivity contribution < 1.29 is 9.52 Å². The van der Waals surface area contributed by atoms with Gasteiger partial charge in [0.2, 0.25) is 0 Å². The Morgan fingerprint density at radius 3 is 2.29 bits per heavy atom. The van der Waals surface area contributed by atoms with Crippen molar-refractivity contribution >= 4 is 34.0 Å². The van der Waals surface area contributed by atoms with Gasteiger partial charge < -0.3 is 32.5 Å². The number of nitrogens with zero attached hydrogens (tertiary/aromatic N) is 1. The zero-order valence-electron chi connectivity index (χ0n) is 7.11. The van der Waals surface area contributed by atoms with Gasteiger partial charge in [-0.25, -0.2) is 4.98 Å². The number of furan rings is 1. The van der Waals surface area contributed by atoms with E-state index in [0.29, 0.717) is 5.39 Å². The maximum Gasteiger partial charge on any atom is 0.307 e. The molecule has 9 N–H and O–H groups in total. The Balaban J connectivity index is 3.03. The van der Waals surface area contributed by atoms with Crippen LogP contribution in [0.3, 0.4) is 0 Å². The van der Waals surface area contributed by atoms with E-state index in [-0.39, 0.29) is 28.6 Å². The van der Waals surface area contributed by atoms with E-state index in [2.05, 4.69) is 4.98 Å². The second-order valence-electron chi connectivity index (χ2n) is 2.82. The molecule has 0 aliphatic carbocycles. The van der Waals surface area contributed by atoms with E-state index in [1.807, 2.05) is 0 Å². The molecule has 2 aromatic rings. The summed E-state index contributed by atoms with van der Waals surface area (Å²) >= 11 is 0. The number of aromatic nitrogens is 1. The molecule has 0 bridgehead atoms. The van der Waals surface area contributed by atoms with Gasteiger partial charge in [-0.1, -0.05) is 0 Å². The Bertz CT molecular complexity index is 519. The third kappa shape index (κ3) is 0.830. The zero-order valence-corrected chi connectivity index (χ0v) is 7.11. The molecule has 0 radical (unpaired) electrons. The van der Waals surface area contributed by atoms with Gasteiger partial charge in [-0.3, -0.25) is 0 Å². The molecule has 0 saturated carbocycles. The fourth-order valence-corrected chi connectivity index (χ4v) is 1.25. The van der Waals surface area contributed by atoms with Crippen molar-refractivity contribution in [2.24, 2.45) is 0 Å². The predicted octanol–water partition coefficient (Wildman–Crippen LogP) is -0.138. The number of rotatable bonds is 0. The average Bonchev–Trinajstić information content (AvgIpc) is 2.41. The Hall–Kier alpha value is -2.31. The summed E-state index contributed by atoms with van der Waals surface area (Å²) < 4.78 is 4.87. The van der Waals surface area contributed by atoms with Crippen LogP contribution in [-0.2, 0) is 0 Å². The molecule has 0 amide bonds. The fourth-order valence-electron chi connectivity index (χ4n) is 1.25. The van der Waals surface area contributed by atoms with Crippen LogP contribution in [0.5, 0.6) is 5.95 Å². The molecule has 2 heterocycles. The Morgan fingerprint density at radius 2 is 1.64 bits per heavy atom. The molecular weight excluding hydrogens is 186 g/mol. The molecule has 0 aromatic carbocycles. The van der Waals surface area contributed by atoms with Crippen molar-refractivity contribution in [2.45, 2.75) is 0 Å². The Morgan fingerprint density at radius 1 is 1.00 bits per heavy atom. The van der Waals surface area contributed by atoms with Gasteiger partial charge in [0.25, 0.3) is 0 Å². The molecule has 0 atom stereocenters. The van der Waals surface area contributed by atoms with Crippen LogP contribution < -0.4 is 22.9 Å². The van der Waals surface area contributed by atoms with Crippen LogP contribution in [0.4, 0.5) is 23.0 Å². The Kier molecular flexibility index (Phi) is 1.39. The summed E-state index contributed by atoms with van der Waals surface area (Å²) in [6.07, 6.45) is 0. The molecule has 0 fully saturated rings. The predicted molar refractivity (Wildman–Crippen MR) is 53.3 cm³/mol. The van der Waals surface area contributed by atoms with Gasteiger partial charge in [-0.05, 0) is 0 Å². The SMILES string of the molecule is Nc1nc(N)c2oc(O)c(N)c2c1N. The molecule has 2 aromatic heterocycles. The van der Waals surface area contributed by atoms with E-state index in [1.165, 1.54) is 0 Å². The first-order chi connectivity index (χ1) is 6.52. The maximum atomic E-state index is 9.21. The number of nitrogen functional groups attached to an aromatic ring is 4. The highest BCUT2D eigenvalue weighted by Crippen LogP contribution is 2.40. The van der Waals surface area contributed by atoms with Crippen molar-refractivity contribution in [1.82, 2.24) is 4.98 Å². The minimum absolute atomic E-state index is 0.0123. The van der Waals surface area contributed by atoms with Gasteiger partial charge in [0.1, 0.15) is 11.5 Å². The first-order valence-electron chi connectivity index (χ1n) is 3.73. The number of hydrogen-bond acceptors (Lipinski definition) is 7. The van der Waals surface area contributed by atoms with Crippen LogP contribution >= 0.6 is 0 Å². The first kappa shape index (κ1) is 8.30. The number of aromatic hydroxyl groups is 1. The van der Waals surface area contributed by atoms with Crippen LogP contribution in [0.15, 0.2) is 4.42 Å². The highest BCUT2D eigenvalue weighted by atomic mass is 16.5. The number of nitrogens with two attached hydrogens (primary N) is 4. The lowest BCUT2D eigenvalue weighted by atomic mass is 10.2. The average molecular weight is 195 g/mol. The smallest absolute Gasteiger partial charge is 0.307 e. The third-order valence-corrected chi connectivity index (χ3v) is 1.94. The molecule has 14 heavy (non-hydrogen) atoms. The topological polar surface area (TPSA) is 150 Å². The van der Waals surface area contributed by atoms with Crippen molar-refractivity contribution in [3.63, 3.8) is 0 Å². The van der Waals surface area contributed by atoms with Crippen molar-refractivity contribution in [3.05, 3.63) is 0 Å². The molecular formula is C7H9N5O2. The monoisotopic (exact) mass is 195 g/mol. The van der Waals surface area contributed by atoms with Gasteiger partial charge in [0.05, 0.1) is 11.1 Å². The zero-order chi connectivity index (χ0) is 10.5. The molecule has 2 rings (SSSR count). The molecule has 0 spiro atoms. The largest absolute Gasteiger partial charge is 0.479 e. The second-order valence-corrected chi connectivity index (χ2v) is 2.82. The Labute approximate surface area is 78.3 Å². The lowest BCUT2D eigenvalue weighted by Crippen LogP contribution is -2.02. The van der Waals surface area contributed by atoms with Gasteiger partial charge in [0, 0.05) is 0 Å². The highest BCUT2D eigenvalue weighted by molar-refractivity contribution is 6.07. The van der Waals surface area contributed by atoms with E-state index in [0.717, 1.165) is 0 Å². The van der Waals surface area contributed by atoms with E-state index in [4.69, 9.17) is 27.4 Å². The standard InChI is InChI=1S/C7H9N5O2/c8-2-1-3(9)7(13)14-4(1)6(11)12-5(2)10/h13H,8-9H2,(H4,10,11,12). The van der Waals surface area contributed by atoms with Gasteiger partial charge in [-0.2, -0.15) is 0 Å². The number of pyridine rings is 1. The molecule has 0 saturated heterocycles. The normalized spacial score (nSPS) is 10.9. The van der Waals surface area contributed by atoms with E-state index < -0.39 is 5.95 Å². The number of anilines is 4. The summed E-state index contributed by atoms with van der Waals surface area (Å²) in [5.74, 6) is -0.341. The summed E-state index contributed by atoms with van der Waals surface area (Å²) in [5, 5.41) is 9.51. The van der Waals surface area contributed by atoms with Gasteiger partial charge >= 0.3 is 5.95 Å². The summed E-state index contributed by atoms with van der Waals surface area (Å²) in [4.78, 5) is 3.73.